The molecule has 7 heteroatoms. The topological polar surface area (TPSA) is 122 Å². The molecule has 0 amide bonds. The molecule has 0 aliphatic carbocycles. The fraction of sp³-hybridized carbons (Fsp3) is 0.538. The Bertz CT molecular complexity index is 434. The number of ether oxygens (including phenoxy) is 1. The third-order valence-corrected chi connectivity index (χ3v) is 3.39. The van der Waals surface area contributed by atoms with Crippen LogP contribution in [-0.2, 0) is 11.2 Å². The van der Waals surface area contributed by atoms with Crippen LogP contribution in [-0.4, -0.2) is 63.2 Å². The van der Waals surface area contributed by atoms with Gasteiger partial charge in [-0.1, -0.05) is 6.07 Å². The quantitative estimate of drug-likeness (QED) is 0.396. The van der Waals surface area contributed by atoms with Gasteiger partial charge in [-0.3, -0.25) is 5.32 Å². The maximum Gasteiger partial charge on any atom is 0.137 e. The van der Waals surface area contributed by atoms with Gasteiger partial charge >= 0.3 is 0 Å². The molecule has 0 spiro atoms. The highest BCUT2D eigenvalue weighted by atomic mass is 16.6. The van der Waals surface area contributed by atoms with Crippen molar-refractivity contribution in [2.24, 2.45) is 0 Å². The van der Waals surface area contributed by atoms with Crippen LogP contribution in [0.1, 0.15) is 5.56 Å². The van der Waals surface area contributed by atoms with Crippen molar-refractivity contribution in [3.63, 3.8) is 0 Å². The molecular weight excluding hydrogens is 266 g/mol. The van der Waals surface area contributed by atoms with Crippen LogP contribution in [0.25, 0.3) is 0 Å². The van der Waals surface area contributed by atoms with Gasteiger partial charge in [0.15, 0.2) is 0 Å². The van der Waals surface area contributed by atoms with Gasteiger partial charge in [-0.05, 0) is 18.6 Å². The molecule has 1 aliphatic rings. The predicted molar refractivity (Wildman–Crippen MR) is 69.2 cm³/mol. The minimum atomic E-state index is -1.14. The van der Waals surface area contributed by atoms with Gasteiger partial charge in [0, 0.05) is 12.1 Å². The number of hydrogen-bond acceptors (Lipinski definition) is 7. The fourth-order valence-electron chi connectivity index (χ4n) is 2.23. The highest BCUT2D eigenvalue weighted by Gasteiger charge is 2.41. The smallest absolute Gasteiger partial charge is 0.137 e. The number of nitrogens with one attached hydrogen (secondary N) is 1. The molecule has 1 aromatic carbocycles. The minimum absolute atomic E-state index is 0.00652. The van der Waals surface area contributed by atoms with Crippen molar-refractivity contribution in [1.29, 1.82) is 0 Å². The van der Waals surface area contributed by atoms with Gasteiger partial charge in [0.05, 0.1) is 6.61 Å². The Morgan fingerprint density at radius 3 is 2.30 bits per heavy atom. The molecule has 7 nitrogen and oxygen atoms in total. The first-order chi connectivity index (χ1) is 9.54. The number of rotatable bonds is 5. The van der Waals surface area contributed by atoms with Gasteiger partial charge in [-0.15, -0.1) is 0 Å². The van der Waals surface area contributed by atoms with Crippen LogP contribution >= 0.6 is 0 Å². The van der Waals surface area contributed by atoms with E-state index in [4.69, 9.17) is 9.84 Å². The molecule has 4 atom stereocenters. The summed E-state index contributed by atoms with van der Waals surface area (Å²) >= 11 is 0. The molecule has 1 heterocycles. The second-order valence-corrected chi connectivity index (χ2v) is 4.74. The van der Waals surface area contributed by atoms with Crippen molar-refractivity contribution in [3.05, 3.63) is 23.8 Å². The number of phenolic OH excluding ortho intramolecular Hbond substituents is 2. The zero-order chi connectivity index (χ0) is 14.7. The van der Waals surface area contributed by atoms with Crippen LogP contribution in [0, 0.1) is 0 Å². The first kappa shape index (κ1) is 15.0. The summed E-state index contributed by atoms with van der Waals surface area (Å²) in [5.74, 6) is -0.0130. The number of aliphatic hydroxyl groups is 3. The zero-order valence-corrected chi connectivity index (χ0v) is 10.8. The van der Waals surface area contributed by atoms with Gasteiger partial charge < -0.3 is 30.3 Å². The molecule has 1 aliphatic heterocycles. The van der Waals surface area contributed by atoms with Crippen molar-refractivity contribution < 1.29 is 30.3 Å². The zero-order valence-electron chi connectivity index (χ0n) is 10.8. The SMILES string of the molecule is OC[C@H]1OC(NCCc2c(O)cccc2O)[C@H](O)[C@@H]1O. The molecule has 20 heavy (non-hydrogen) atoms. The average molecular weight is 285 g/mol. The lowest BCUT2D eigenvalue weighted by atomic mass is 10.1. The Morgan fingerprint density at radius 1 is 1.10 bits per heavy atom. The van der Waals surface area contributed by atoms with E-state index in [1.54, 1.807) is 0 Å². The van der Waals surface area contributed by atoms with Crippen LogP contribution < -0.4 is 5.32 Å². The molecule has 0 aromatic heterocycles. The molecule has 6 N–H and O–H groups in total. The first-order valence-corrected chi connectivity index (χ1v) is 6.40. The van der Waals surface area contributed by atoms with E-state index < -0.39 is 24.5 Å². The molecule has 2 rings (SSSR count). The largest absolute Gasteiger partial charge is 0.508 e. The average Bonchev–Trinajstić information content (AvgIpc) is 2.70. The lowest BCUT2D eigenvalue weighted by Gasteiger charge is -2.16. The van der Waals surface area contributed by atoms with Crippen LogP contribution in [0.15, 0.2) is 18.2 Å². The molecule has 0 saturated carbocycles. The van der Waals surface area contributed by atoms with E-state index in [9.17, 15) is 20.4 Å². The maximum absolute atomic E-state index is 9.72. The molecule has 0 bridgehead atoms. The van der Waals surface area contributed by atoms with E-state index in [2.05, 4.69) is 5.32 Å². The number of benzene rings is 1. The lowest BCUT2D eigenvalue weighted by molar-refractivity contribution is -0.0327. The predicted octanol–water partition coefficient (Wildman–Crippen LogP) is -1.33. The van der Waals surface area contributed by atoms with Crippen LogP contribution in [0.3, 0.4) is 0 Å². The Balaban J connectivity index is 1.88. The van der Waals surface area contributed by atoms with Crippen molar-refractivity contribution >= 4 is 0 Å². The summed E-state index contributed by atoms with van der Waals surface area (Å²) in [5.41, 5.74) is 0.395. The second-order valence-electron chi connectivity index (χ2n) is 4.74. The molecule has 0 radical (unpaired) electrons. The van der Waals surface area contributed by atoms with E-state index in [0.29, 0.717) is 18.5 Å². The molecule has 1 fully saturated rings. The Morgan fingerprint density at radius 2 is 1.75 bits per heavy atom. The lowest BCUT2D eigenvalue weighted by Crippen LogP contribution is -2.41. The Hall–Kier alpha value is -1.38. The monoisotopic (exact) mass is 285 g/mol. The number of phenols is 2. The minimum Gasteiger partial charge on any atom is -0.508 e. The van der Waals surface area contributed by atoms with E-state index in [1.807, 2.05) is 0 Å². The van der Waals surface area contributed by atoms with Crippen molar-refractivity contribution in [3.8, 4) is 11.5 Å². The summed E-state index contributed by atoms with van der Waals surface area (Å²) in [6, 6.07) is 4.48. The van der Waals surface area contributed by atoms with E-state index >= 15 is 0 Å². The Labute approximate surface area is 116 Å². The van der Waals surface area contributed by atoms with Gasteiger partial charge in [-0.2, -0.15) is 0 Å². The molecular formula is C13H19NO6. The summed E-state index contributed by atoms with van der Waals surface area (Å²) in [5, 5.41) is 50.3. The van der Waals surface area contributed by atoms with Gasteiger partial charge in [0.25, 0.3) is 0 Å². The van der Waals surface area contributed by atoms with Crippen molar-refractivity contribution in [2.75, 3.05) is 13.2 Å². The van der Waals surface area contributed by atoms with Gasteiger partial charge in [0.2, 0.25) is 0 Å². The van der Waals surface area contributed by atoms with E-state index in [1.165, 1.54) is 18.2 Å². The molecule has 112 valence electrons. The summed E-state index contributed by atoms with van der Waals surface area (Å²) in [6.45, 7) is -0.0611. The summed E-state index contributed by atoms with van der Waals surface area (Å²) in [7, 11) is 0. The number of hydrogen-bond donors (Lipinski definition) is 6. The Kier molecular flexibility index (Phi) is 4.79. The van der Waals surface area contributed by atoms with Crippen LogP contribution in [0.5, 0.6) is 11.5 Å². The highest BCUT2D eigenvalue weighted by Crippen LogP contribution is 2.26. The summed E-state index contributed by atoms with van der Waals surface area (Å²) in [4.78, 5) is 0. The standard InChI is InChI=1S/C13H19NO6/c15-6-10-11(18)12(19)13(20-10)14-5-4-7-8(16)2-1-3-9(7)17/h1-3,10-19H,4-6H2/t10-,11-,12-,13?/m1/s1. The number of aliphatic hydroxyl groups excluding tert-OH is 3. The van der Waals surface area contributed by atoms with Gasteiger partial charge in [-0.25, -0.2) is 0 Å². The van der Waals surface area contributed by atoms with E-state index in [-0.39, 0.29) is 18.1 Å². The number of aromatic hydroxyl groups is 2. The summed E-state index contributed by atoms with van der Waals surface area (Å²) < 4.78 is 5.25. The van der Waals surface area contributed by atoms with Crippen LogP contribution in [0.4, 0.5) is 0 Å². The maximum atomic E-state index is 9.72. The summed E-state index contributed by atoms with van der Waals surface area (Å²) in [6.07, 6.45) is -3.57. The normalized spacial score (nSPS) is 29.8. The molecule has 1 unspecified atom stereocenters. The van der Waals surface area contributed by atoms with E-state index in [0.717, 1.165) is 0 Å². The third-order valence-electron chi connectivity index (χ3n) is 3.39. The highest BCUT2D eigenvalue weighted by molar-refractivity contribution is 5.43. The molecule has 1 aromatic rings. The van der Waals surface area contributed by atoms with Crippen molar-refractivity contribution in [1.82, 2.24) is 5.32 Å². The first-order valence-electron chi connectivity index (χ1n) is 6.40. The fourth-order valence-corrected chi connectivity index (χ4v) is 2.23. The van der Waals surface area contributed by atoms with Crippen LogP contribution in [0.2, 0.25) is 0 Å². The van der Waals surface area contributed by atoms with Gasteiger partial charge in [0.1, 0.15) is 36.0 Å². The molecule has 1 saturated heterocycles. The second kappa shape index (κ2) is 6.38. The van der Waals surface area contributed by atoms with Crippen molar-refractivity contribution in [2.45, 2.75) is 31.0 Å². The third kappa shape index (κ3) is 3.02.